The molecule has 1 unspecified atom stereocenters. The SMILES string of the molecule is CCNC(Cc1cc(Br)cc2c1OCC2)c1cccnc1. The summed E-state index contributed by atoms with van der Waals surface area (Å²) in [6, 6.07) is 8.70. The zero-order valence-electron chi connectivity index (χ0n) is 12.1. The van der Waals surface area contributed by atoms with E-state index in [0.29, 0.717) is 0 Å². The summed E-state index contributed by atoms with van der Waals surface area (Å²) < 4.78 is 6.96. The largest absolute Gasteiger partial charge is 0.493 e. The van der Waals surface area contributed by atoms with Crippen LogP contribution in [0.4, 0.5) is 0 Å². The van der Waals surface area contributed by atoms with Gasteiger partial charge in [-0.2, -0.15) is 0 Å². The van der Waals surface area contributed by atoms with Crippen molar-refractivity contribution in [3.05, 3.63) is 57.8 Å². The Morgan fingerprint density at radius 2 is 2.33 bits per heavy atom. The Kier molecular flexibility index (Phi) is 4.56. The first-order chi connectivity index (χ1) is 10.3. The number of ether oxygens (including phenoxy) is 1. The van der Waals surface area contributed by atoms with Crippen LogP contribution in [0.5, 0.6) is 5.75 Å². The summed E-state index contributed by atoms with van der Waals surface area (Å²) in [4.78, 5) is 4.24. The van der Waals surface area contributed by atoms with E-state index in [2.05, 4.69) is 51.4 Å². The molecule has 0 bridgehead atoms. The molecule has 0 radical (unpaired) electrons. The Morgan fingerprint density at radius 1 is 1.43 bits per heavy atom. The molecule has 1 N–H and O–H groups in total. The fourth-order valence-corrected chi connectivity index (χ4v) is 3.41. The number of nitrogens with zero attached hydrogens (tertiary/aromatic N) is 1. The number of halogens is 1. The Morgan fingerprint density at radius 3 is 3.10 bits per heavy atom. The summed E-state index contributed by atoms with van der Waals surface area (Å²) in [5.41, 5.74) is 3.78. The lowest BCUT2D eigenvalue weighted by atomic mass is 9.97. The van der Waals surface area contributed by atoms with Crippen molar-refractivity contribution in [3.63, 3.8) is 0 Å². The molecule has 0 saturated carbocycles. The standard InChI is InChI=1S/C17H19BrN2O/c1-2-20-16(13-4-3-6-19-11-13)10-14-9-15(18)8-12-5-7-21-17(12)14/h3-4,6,8-9,11,16,20H,2,5,7,10H2,1H3. The summed E-state index contributed by atoms with van der Waals surface area (Å²) in [5.74, 6) is 1.07. The molecule has 0 spiro atoms. The number of rotatable bonds is 5. The van der Waals surface area contributed by atoms with E-state index in [1.54, 1.807) is 0 Å². The van der Waals surface area contributed by atoms with Gasteiger partial charge in [0, 0.05) is 29.3 Å². The number of hydrogen-bond acceptors (Lipinski definition) is 3. The van der Waals surface area contributed by atoms with Gasteiger partial charge >= 0.3 is 0 Å². The normalized spacial score (nSPS) is 14.6. The molecule has 0 amide bonds. The van der Waals surface area contributed by atoms with Gasteiger partial charge in [-0.1, -0.05) is 28.9 Å². The zero-order valence-corrected chi connectivity index (χ0v) is 13.7. The highest BCUT2D eigenvalue weighted by Crippen LogP contribution is 2.35. The van der Waals surface area contributed by atoms with Crippen LogP contribution in [0.1, 0.15) is 29.7 Å². The average molecular weight is 347 g/mol. The van der Waals surface area contributed by atoms with Gasteiger partial charge in [0.15, 0.2) is 0 Å². The van der Waals surface area contributed by atoms with E-state index in [1.807, 2.05) is 18.5 Å². The molecule has 2 aromatic rings. The minimum atomic E-state index is 0.256. The van der Waals surface area contributed by atoms with E-state index >= 15 is 0 Å². The molecule has 0 saturated heterocycles. The van der Waals surface area contributed by atoms with Crippen LogP contribution >= 0.6 is 15.9 Å². The van der Waals surface area contributed by atoms with Gasteiger partial charge in [-0.15, -0.1) is 0 Å². The third-order valence-electron chi connectivity index (χ3n) is 3.79. The van der Waals surface area contributed by atoms with Gasteiger partial charge in [-0.3, -0.25) is 4.98 Å². The lowest BCUT2D eigenvalue weighted by molar-refractivity contribution is 0.351. The smallest absolute Gasteiger partial charge is 0.125 e. The van der Waals surface area contributed by atoms with E-state index in [-0.39, 0.29) is 6.04 Å². The number of nitrogens with one attached hydrogen (secondary N) is 1. The van der Waals surface area contributed by atoms with Crippen LogP contribution in [0, 0.1) is 0 Å². The molecular formula is C17H19BrN2O. The second kappa shape index (κ2) is 6.58. The highest BCUT2D eigenvalue weighted by molar-refractivity contribution is 9.10. The zero-order chi connectivity index (χ0) is 14.7. The highest BCUT2D eigenvalue weighted by atomic mass is 79.9. The number of hydrogen-bond donors (Lipinski definition) is 1. The molecule has 0 aliphatic carbocycles. The maximum absolute atomic E-state index is 5.84. The third-order valence-corrected chi connectivity index (χ3v) is 4.24. The Hall–Kier alpha value is -1.39. The maximum atomic E-state index is 5.84. The fourth-order valence-electron chi connectivity index (χ4n) is 2.85. The summed E-state index contributed by atoms with van der Waals surface area (Å²) in [5, 5.41) is 3.55. The van der Waals surface area contributed by atoms with Gasteiger partial charge in [-0.05, 0) is 47.9 Å². The molecule has 1 aromatic carbocycles. The molecule has 1 aliphatic rings. The molecule has 21 heavy (non-hydrogen) atoms. The Balaban J connectivity index is 1.90. The number of aromatic nitrogens is 1. The molecule has 1 atom stereocenters. The molecule has 0 fully saturated rings. The van der Waals surface area contributed by atoms with Crippen molar-refractivity contribution in [2.75, 3.05) is 13.2 Å². The average Bonchev–Trinajstić information content (AvgIpc) is 2.96. The van der Waals surface area contributed by atoms with Gasteiger partial charge in [0.05, 0.1) is 6.61 Å². The topological polar surface area (TPSA) is 34.1 Å². The molecule has 3 rings (SSSR count). The van der Waals surface area contributed by atoms with Crippen LogP contribution in [0.25, 0.3) is 0 Å². The molecule has 110 valence electrons. The first-order valence-electron chi connectivity index (χ1n) is 7.35. The van der Waals surface area contributed by atoms with Gasteiger partial charge in [0.1, 0.15) is 5.75 Å². The molecular weight excluding hydrogens is 328 g/mol. The number of likely N-dealkylation sites (N-methyl/N-ethyl adjacent to an activating group) is 1. The van der Waals surface area contributed by atoms with Crippen molar-refractivity contribution in [1.29, 1.82) is 0 Å². The van der Waals surface area contributed by atoms with Crippen LogP contribution in [-0.4, -0.2) is 18.1 Å². The highest BCUT2D eigenvalue weighted by Gasteiger charge is 2.20. The molecule has 1 aromatic heterocycles. The van der Waals surface area contributed by atoms with Crippen molar-refractivity contribution in [3.8, 4) is 5.75 Å². The van der Waals surface area contributed by atoms with Gasteiger partial charge < -0.3 is 10.1 Å². The van der Waals surface area contributed by atoms with Gasteiger partial charge in [-0.25, -0.2) is 0 Å². The predicted molar refractivity (Wildman–Crippen MR) is 87.7 cm³/mol. The molecule has 4 heteroatoms. The van der Waals surface area contributed by atoms with Crippen LogP contribution in [0.3, 0.4) is 0 Å². The second-order valence-corrected chi connectivity index (χ2v) is 6.17. The summed E-state index contributed by atoms with van der Waals surface area (Å²) in [6.45, 7) is 3.85. The van der Waals surface area contributed by atoms with Crippen LogP contribution < -0.4 is 10.1 Å². The number of fused-ring (bicyclic) bond motifs is 1. The molecule has 3 nitrogen and oxygen atoms in total. The van der Waals surface area contributed by atoms with E-state index in [4.69, 9.17) is 4.74 Å². The predicted octanol–water partition coefficient (Wildman–Crippen LogP) is 3.67. The van der Waals surface area contributed by atoms with Crippen LogP contribution in [0.2, 0.25) is 0 Å². The monoisotopic (exact) mass is 346 g/mol. The lowest BCUT2D eigenvalue weighted by Gasteiger charge is -2.19. The lowest BCUT2D eigenvalue weighted by Crippen LogP contribution is -2.23. The third kappa shape index (κ3) is 3.27. The number of benzene rings is 1. The van der Waals surface area contributed by atoms with Crippen molar-refractivity contribution in [2.24, 2.45) is 0 Å². The van der Waals surface area contributed by atoms with Crippen molar-refractivity contribution >= 4 is 15.9 Å². The summed E-state index contributed by atoms with van der Waals surface area (Å²) in [7, 11) is 0. The van der Waals surface area contributed by atoms with E-state index in [0.717, 1.165) is 36.2 Å². The second-order valence-electron chi connectivity index (χ2n) is 5.25. The minimum Gasteiger partial charge on any atom is -0.493 e. The Bertz CT molecular complexity index is 616. The molecule has 1 aliphatic heterocycles. The summed E-state index contributed by atoms with van der Waals surface area (Å²) >= 11 is 3.61. The van der Waals surface area contributed by atoms with Crippen LogP contribution in [-0.2, 0) is 12.8 Å². The first kappa shape index (κ1) is 14.5. The van der Waals surface area contributed by atoms with Crippen molar-refractivity contribution in [1.82, 2.24) is 10.3 Å². The fraction of sp³-hybridized carbons (Fsp3) is 0.353. The van der Waals surface area contributed by atoms with Gasteiger partial charge in [0.25, 0.3) is 0 Å². The Labute approximate surface area is 133 Å². The van der Waals surface area contributed by atoms with Gasteiger partial charge in [0.2, 0.25) is 0 Å². The van der Waals surface area contributed by atoms with Crippen molar-refractivity contribution in [2.45, 2.75) is 25.8 Å². The van der Waals surface area contributed by atoms with E-state index in [9.17, 15) is 0 Å². The quantitative estimate of drug-likeness (QED) is 0.896. The maximum Gasteiger partial charge on any atom is 0.125 e. The summed E-state index contributed by atoms with van der Waals surface area (Å²) in [6.07, 6.45) is 5.65. The molecule has 2 heterocycles. The number of pyridine rings is 1. The van der Waals surface area contributed by atoms with Crippen molar-refractivity contribution < 1.29 is 4.74 Å². The van der Waals surface area contributed by atoms with E-state index in [1.165, 1.54) is 16.7 Å². The first-order valence-corrected chi connectivity index (χ1v) is 8.14. The van der Waals surface area contributed by atoms with E-state index < -0.39 is 0 Å². The minimum absolute atomic E-state index is 0.256. The van der Waals surface area contributed by atoms with Crippen LogP contribution in [0.15, 0.2) is 41.1 Å².